The Balaban J connectivity index is 1.87. The lowest BCUT2D eigenvalue weighted by atomic mass is 9.82. The molecule has 1 aliphatic rings. The minimum absolute atomic E-state index is 0.153. The van der Waals surface area contributed by atoms with Crippen molar-refractivity contribution in [2.75, 3.05) is 11.9 Å². The van der Waals surface area contributed by atoms with Gasteiger partial charge < -0.3 is 15.2 Å². The Morgan fingerprint density at radius 1 is 1.40 bits per heavy atom. The van der Waals surface area contributed by atoms with Gasteiger partial charge >= 0.3 is 0 Å². The van der Waals surface area contributed by atoms with Crippen LogP contribution in [-0.4, -0.2) is 28.2 Å². The van der Waals surface area contributed by atoms with E-state index < -0.39 is 5.60 Å². The molecule has 0 bridgehead atoms. The summed E-state index contributed by atoms with van der Waals surface area (Å²) in [5.74, 6) is 0.372. The number of pyridine rings is 1. The molecular formula is C15H22N2O3. The van der Waals surface area contributed by atoms with Crippen molar-refractivity contribution in [3.8, 4) is 5.88 Å². The fourth-order valence-corrected chi connectivity index (χ4v) is 2.58. The van der Waals surface area contributed by atoms with Gasteiger partial charge in [-0.15, -0.1) is 0 Å². The van der Waals surface area contributed by atoms with Gasteiger partial charge in [0, 0.05) is 6.07 Å². The maximum absolute atomic E-state index is 12.0. The van der Waals surface area contributed by atoms with Crippen molar-refractivity contribution in [2.45, 2.75) is 51.0 Å². The van der Waals surface area contributed by atoms with Gasteiger partial charge in [-0.25, -0.2) is 4.98 Å². The lowest BCUT2D eigenvalue weighted by Crippen LogP contribution is -2.35. The monoisotopic (exact) mass is 278 g/mol. The molecule has 1 saturated carbocycles. The normalized spacial score (nSPS) is 17.5. The highest BCUT2D eigenvalue weighted by atomic mass is 16.5. The topological polar surface area (TPSA) is 71.5 Å². The third-order valence-corrected chi connectivity index (χ3v) is 3.59. The third kappa shape index (κ3) is 4.20. The van der Waals surface area contributed by atoms with E-state index in [1.807, 2.05) is 6.92 Å². The van der Waals surface area contributed by atoms with Crippen molar-refractivity contribution >= 4 is 11.6 Å². The van der Waals surface area contributed by atoms with Gasteiger partial charge in [-0.1, -0.05) is 19.3 Å². The van der Waals surface area contributed by atoms with Crippen LogP contribution in [0, 0.1) is 0 Å². The number of nitrogens with zero attached hydrogens (tertiary/aromatic N) is 1. The molecule has 0 atom stereocenters. The Morgan fingerprint density at radius 2 is 2.15 bits per heavy atom. The summed E-state index contributed by atoms with van der Waals surface area (Å²) < 4.78 is 5.24. The number of rotatable bonds is 5. The van der Waals surface area contributed by atoms with E-state index in [2.05, 4.69) is 10.3 Å². The number of carbonyl (C=O) groups is 1. The van der Waals surface area contributed by atoms with Crippen molar-refractivity contribution in [3.05, 3.63) is 18.3 Å². The lowest BCUT2D eigenvalue weighted by molar-refractivity contribution is -0.122. The van der Waals surface area contributed by atoms with E-state index in [1.54, 1.807) is 18.3 Å². The van der Waals surface area contributed by atoms with E-state index in [1.165, 1.54) is 0 Å². The smallest absolute Gasteiger partial charge is 0.227 e. The van der Waals surface area contributed by atoms with E-state index in [4.69, 9.17) is 4.74 Å². The molecule has 1 fully saturated rings. The number of ether oxygens (including phenoxy) is 1. The predicted molar refractivity (Wildman–Crippen MR) is 76.7 cm³/mol. The molecule has 5 heteroatoms. The van der Waals surface area contributed by atoms with Gasteiger partial charge in [0.1, 0.15) is 0 Å². The van der Waals surface area contributed by atoms with E-state index in [0.29, 0.717) is 31.0 Å². The summed E-state index contributed by atoms with van der Waals surface area (Å²) in [4.78, 5) is 16.1. The number of aliphatic hydroxyl groups is 1. The first-order valence-electron chi connectivity index (χ1n) is 7.22. The minimum atomic E-state index is -0.832. The summed E-state index contributed by atoms with van der Waals surface area (Å²) in [7, 11) is 0. The zero-order valence-electron chi connectivity index (χ0n) is 11.9. The summed E-state index contributed by atoms with van der Waals surface area (Å²) >= 11 is 0. The number of carbonyl (C=O) groups excluding carboxylic acids is 1. The van der Waals surface area contributed by atoms with E-state index in [9.17, 15) is 9.90 Å². The maximum atomic E-state index is 12.0. The second-order valence-electron chi connectivity index (χ2n) is 5.33. The molecule has 1 aromatic heterocycles. The summed E-state index contributed by atoms with van der Waals surface area (Å²) in [6.07, 6.45) is 6.27. The molecule has 0 aromatic carbocycles. The van der Waals surface area contributed by atoms with Gasteiger partial charge in [-0.3, -0.25) is 4.79 Å². The molecule has 0 saturated heterocycles. The van der Waals surface area contributed by atoms with Crippen LogP contribution in [0.5, 0.6) is 5.88 Å². The second kappa shape index (κ2) is 6.70. The van der Waals surface area contributed by atoms with Crippen LogP contribution in [0.1, 0.15) is 45.4 Å². The first-order chi connectivity index (χ1) is 9.61. The minimum Gasteiger partial charge on any atom is -0.478 e. The van der Waals surface area contributed by atoms with E-state index in [-0.39, 0.29) is 12.3 Å². The highest BCUT2D eigenvalue weighted by molar-refractivity contribution is 5.91. The number of hydrogen-bond donors (Lipinski definition) is 2. The highest BCUT2D eigenvalue weighted by Gasteiger charge is 2.31. The summed E-state index contributed by atoms with van der Waals surface area (Å²) in [6.45, 7) is 2.45. The summed E-state index contributed by atoms with van der Waals surface area (Å²) in [5.41, 5.74) is -0.209. The zero-order chi connectivity index (χ0) is 14.4. The first-order valence-corrected chi connectivity index (χ1v) is 7.22. The number of amides is 1. The molecule has 1 aliphatic carbocycles. The molecule has 0 spiro atoms. The zero-order valence-corrected chi connectivity index (χ0v) is 11.9. The lowest BCUT2D eigenvalue weighted by Gasteiger charge is -2.31. The number of hydrogen-bond acceptors (Lipinski definition) is 4. The van der Waals surface area contributed by atoms with Gasteiger partial charge in [-0.05, 0) is 25.8 Å². The number of aromatic nitrogens is 1. The summed E-state index contributed by atoms with van der Waals surface area (Å²) in [6, 6.07) is 3.47. The Morgan fingerprint density at radius 3 is 2.75 bits per heavy atom. The molecule has 1 aromatic rings. The molecule has 1 heterocycles. The van der Waals surface area contributed by atoms with Crippen LogP contribution < -0.4 is 10.1 Å². The van der Waals surface area contributed by atoms with Crippen LogP contribution in [0.3, 0.4) is 0 Å². The SMILES string of the molecule is CCOc1ccc(NC(=O)CC2(O)CCCCC2)cn1. The third-order valence-electron chi connectivity index (χ3n) is 3.59. The van der Waals surface area contributed by atoms with Crippen molar-refractivity contribution in [1.29, 1.82) is 0 Å². The summed E-state index contributed by atoms with van der Waals surface area (Å²) in [5, 5.41) is 13.1. The first kappa shape index (κ1) is 14.8. The average molecular weight is 278 g/mol. The number of anilines is 1. The Kier molecular flexibility index (Phi) is 4.95. The largest absolute Gasteiger partial charge is 0.478 e. The van der Waals surface area contributed by atoms with Gasteiger partial charge in [0.25, 0.3) is 0 Å². The van der Waals surface area contributed by atoms with Crippen molar-refractivity contribution in [2.24, 2.45) is 0 Å². The van der Waals surface area contributed by atoms with Crippen LogP contribution in [0.25, 0.3) is 0 Å². The molecule has 5 nitrogen and oxygen atoms in total. The van der Waals surface area contributed by atoms with Crippen LogP contribution >= 0.6 is 0 Å². The van der Waals surface area contributed by atoms with E-state index in [0.717, 1.165) is 19.3 Å². The van der Waals surface area contributed by atoms with Crippen molar-refractivity contribution in [3.63, 3.8) is 0 Å². The molecular weight excluding hydrogens is 256 g/mol. The maximum Gasteiger partial charge on any atom is 0.227 e. The van der Waals surface area contributed by atoms with Crippen LogP contribution in [-0.2, 0) is 4.79 Å². The standard InChI is InChI=1S/C15H22N2O3/c1-2-20-14-7-6-12(11-16-14)17-13(18)10-15(19)8-4-3-5-9-15/h6-7,11,19H,2-5,8-10H2,1H3,(H,17,18). The Hall–Kier alpha value is -1.62. The molecule has 0 radical (unpaired) electrons. The molecule has 0 unspecified atom stereocenters. The fraction of sp³-hybridized carbons (Fsp3) is 0.600. The van der Waals surface area contributed by atoms with Gasteiger partial charge in [0.15, 0.2) is 0 Å². The van der Waals surface area contributed by atoms with Gasteiger partial charge in [-0.2, -0.15) is 0 Å². The molecule has 0 aliphatic heterocycles. The number of nitrogens with one attached hydrogen (secondary N) is 1. The van der Waals surface area contributed by atoms with Crippen LogP contribution in [0.15, 0.2) is 18.3 Å². The highest BCUT2D eigenvalue weighted by Crippen LogP contribution is 2.31. The van der Waals surface area contributed by atoms with Gasteiger partial charge in [0.2, 0.25) is 11.8 Å². The Bertz CT molecular complexity index is 439. The fourth-order valence-electron chi connectivity index (χ4n) is 2.58. The van der Waals surface area contributed by atoms with Gasteiger partial charge in [0.05, 0.1) is 30.5 Å². The predicted octanol–water partition coefficient (Wildman–Crippen LogP) is 2.50. The molecule has 2 N–H and O–H groups in total. The molecule has 110 valence electrons. The average Bonchev–Trinajstić information content (AvgIpc) is 2.41. The van der Waals surface area contributed by atoms with Crippen LogP contribution in [0.4, 0.5) is 5.69 Å². The molecule has 2 rings (SSSR count). The van der Waals surface area contributed by atoms with Crippen LogP contribution in [0.2, 0.25) is 0 Å². The Labute approximate surface area is 119 Å². The molecule has 1 amide bonds. The second-order valence-corrected chi connectivity index (χ2v) is 5.33. The van der Waals surface area contributed by atoms with E-state index >= 15 is 0 Å². The molecule has 20 heavy (non-hydrogen) atoms. The van der Waals surface area contributed by atoms with Crippen molar-refractivity contribution in [1.82, 2.24) is 4.98 Å². The quantitative estimate of drug-likeness (QED) is 0.868. The van der Waals surface area contributed by atoms with Crippen molar-refractivity contribution < 1.29 is 14.6 Å².